The van der Waals surface area contributed by atoms with Gasteiger partial charge in [-0.25, -0.2) is 0 Å². The molecular formula is C27H26N4O3. The van der Waals surface area contributed by atoms with Crippen molar-refractivity contribution in [2.24, 2.45) is 0 Å². The van der Waals surface area contributed by atoms with Crippen LogP contribution >= 0.6 is 0 Å². The lowest BCUT2D eigenvalue weighted by Crippen LogP contribution is -2.48. The maximum atomic E-state index is 12.7. The Morgan fingerprint density at radius 1 is 0.735 bits per heavy atom. The van der Waals surface area contributed by atoms with E-state index in [-0.39, 0.29) is 11.7 Å². The monoisotopic (exact) mass is 454 g/mol. The Morgan fingerprint density at radius 2 is 1.41 bits per heavy atom. The van der Waals surface area contributed by atoms with Crippen LogP contribution in [0.4, 0.5) is 5.69 Å². The molecule has 7 heteroatoms. The molecule has 2 aliphatic rings. The lowest BCUT2D eigenvalue weighted by molar-refractivity contribution is -0.122. The highest BCUT2D eigenvalue weighted by Gasteiger charge is 2.27. The molecule has 1 saturated heterocycles. The second-order valence-corrected chi connectivity index (χ2v) is 8.55. The summed E-state index contributed by atoms with van der Waals surface area (Å²) < 4.78 is 0. The molecule has 5 rings (SSSR count). The van der Waals surface area contributed by atoms with Crippen LogP contribution in [0.1, 0.15) is 32.7 Å². The Balaban J connectivity index is 1.09. The van der Waals surface area contributed by atoms with Crippen molar-refractivity contribution in [3.63, 3.8) is 0 Å². The Morgan fingerprint density at radius 3 is 2.18 bits per heavy atom. The molecule has 0 spiro atoms. The van der Waals surface area contributed by atoms with Crippen LogP contribution in [0.15, 0.2) is 72.8 Å². The Labute approximate surface area is 198 Å². The lowest BCUT2D eigenvalue weighted by Gasteiger charge is -2.36. The lowest BCUT2D eigenvalue weighted by atomic mass is 10.0. The molecule has 0 aromatic heterocycles. The number of rotatable bonds is 5. The first-order valence-corrected chi connectivity index (χ1v) is 11.5. The zero-order valence-electron chi connectivity index (χ0n) is 18.8. The van der Waals surface area contributed by atoms with Gasteiger partial charge in [0.05, 0.1) is 0 Å². The molecule has 0 saturated carbocycles. The van der Waals surface area contributed by atoms with Gasteiger partial charge in [0.1, 0.15) is 0 Å². The van der Waals surface area contributed by atoms with Gasteiger partial charge in [-0.3, -0.25) is 30.1 Å². The standard InChI is InChI=1S/C27H26N4O3/c32-25(12-13-30-14-16-31(17-15-30)20-6-2-1-3-7-20)28-29-27(34)19-10-11-22-21-8-4-5-9-23(21)26(33)24(22)18-19/h1-11,18H,12-17H2,(H,28,32)(H,29,34). The first-order chi connectivity index (χ1) is 16.6. The van der Waals surface area contributed by atoms with Gasteiger partial charge in [-0.2, -0.15) is 0 Å². The highest BCUT2D eigenvalue weighted by Crippen LogP contribution is 2.36. The molecule has 2 N–H and O–H groups in total. The molecule has 2 amide bonds. The van der Waals surface area contributed by atoms with Gasteiger partial charge in [-0.15, -0.1) is 0 Å². The summed E-state index contributed by atoms with van der Waals surface area (Å²) in [6.07, 6.45) is 0.295. The maximum absolute atomic E-state index is 12.7. The van der Waals surface area contributed by atoms with Crippen molar-refractivity contribution in [2.75, 3.05) is 37.6 Å². The molecule has 34 heavy (non-hydrogen) atoms. The van der Waals surface area contributed by atoms with E-state index in [2.05, 4.69) is 32.8 Å². The zero-order valence-corrected chi connectivity index (χ0v) is 18.8. The molecule has 0 radical (unpaired) electrons. The summed E-state index contributed by atoms with van der Waals surface area (Å²) >= 11 is 0. The number of piperazine rings is 1. The van der Waals surface area contributed by atoms with Gasteiger partial charge < -0.3 is 4.90 Å². The summed E-state index contributed by atoms with van der Waals surface area (Å²) in [5, 5.41) is 0. The molecule has 1 heterocycles. The largest absolute Gasteiger partial charge is 0.369 e. The number of amides is 2. The number of nitrogens with one attached hydrogen (secondary N) is 2. The van der Waals surface area contributed by atoms with Gasteiger partial charge in [-0.1, -0.05) is 48.5 Å². The second-order valence-electron chi connectivity index (χ2n) is 8.55. The third-order valence-corrected chi connectivity index (χ3v) is 6.45. The number of carbonyl (C=O) groups is 3. The van der Waals surface area contributed by atoms with E-state index in [4.69, 9.17) is 0 Å². The van der Waals surface area contributed by atoms with Gasteiger partial charge >= 0.3 is 0 Å². The molecule has 0 unspecified atom stereocenters. The topological polar surface area (TPSA) is 81.8 Å². The minimum Gasteiger partial charge on any atom is -0.369 e. The van der Waals surface area contributed by atoms with Gasteiger partial charge in [0.15, 0.2) is 5.78 Å². The number of para-hydroxylation sites is 1. The number of ketones is 1. The quantitative estimate of drug-likeness (QED) is 0.453. The third-order valence-electron chi connectivity index (χ3n) is 6.45. The van der Waals surface area contributed by atoms with Crippen molar-refractivity contribution in [1.82, 2.24) is 15.8 Å². The third kappa shape index (κ3) is 4.43. The van der Waals surface area contributed by atoms with E-state index < -0.39 is 5.91 Å². The van der Waals surface area contributed by atoms with Crippen LogP contribution in [0.5, 0.6) is 0 Å². The average molecular weight is 455 g/mol. The highest BCUT2D eigenvalue weighted by molar-refractivity contribution is 6.22. The molecular weight excluding hydrogens is 428 g/mol. The molecule has 0 bridgehead atoms. The van der Waals surface area contributed by atoms with E-state index in [9.17, 15) is 14.4 Å². The molecule has 172 valence electrons. The van der Waals surface area contributed by atoms with E-state index >= 15 is 0 Å². The zero-order chi connectivity index (χ0) is 23.5. The van der Waals surface area contributed by atoms with Crippen molar-refractivity contribution >= 4 is 23.3 Å². The van der Waals surface area contributed by atoms with Crippen LogP contribution in [0.3, 0.4) is 0 Å². The smallest absolute Gasteiger partial charge is 0.269 e. The molecule has 7 nitrogen and oxygen atoms in total. The van der Waals surface area contributed by atoms with E-state index in [1.165, 1.54) is 5.69 Å². The normalized spacial score (nSPS) is 14.9. The molecule has 1 aliphatic heterocycles. The number of carbonyl (C=O) groups excluding carboxylic acids is 3. The molecule has 3 aromatic rings. The first kappa shape index (κ1) is 21.9. The van der Waals surface area contributed by atoms with Gasteiger partial charge in [-0.05, 0) is 35.4 Å². The molecule has 1 fully saturated rings. The fourth-order valence-corrected chi connectivity index (χ4v) is 4.56. The first-order valence-electron chi connectivity index (χ1n) is 11.5. The average Bonchev–Trinajstić information content (AvgIpc) is 3.18. The second kappa shape index (κ2) is 9.49. The Kier molecular flexibility index (Phi) is 6.10. The number of anilines is 1. The minimum absolute atomic E-state index is 0.0864. The number of nitrogens with zero attached hydrogens (tertiary/aromatic N) is 2. The van der Waals surface area contributed by atoms with Crippen molar-refractivity contribution in [2.45, 2.75) is 6.42 Å². The van der Waals surface area contributed by atoms with E-state index in [1.807, 2.05) is 36.4 Å². The van der Waals surface area contributed by atoms with Gasteiger partial charge in [0.25, 0.3) is 5.91 Å². The Hall–Kier alpha value is -3.97. The highest BCUT2D eigenvalue weighted by atomic mass is 16.2. The maximum Gasteiger partial charge on any atom is 0.269 e. The predicted octanol–water partition coefficient (Wildman–Crippen LogP) is 2.87. The number of benzene rings is 3. The summed E-state index contributed by atoms with van der Waals surface area (Å²) in [7, 11) is 0. The van der Waals surface area contributed by atoms with Crippen molar-refractivity contribution in [1.29, 1.82) is 0 Å². The van der Waals surface area contributed by atoms with Crippen LogP contribution in [-0.2, 0) is 4.79 Å². The SMILES string of the molecule is O=C(CCN1CCN(c2ccccc2)CC1)NNC(=O)c1ccc2c(c1)C(=O)c1ccccc1-2. The van der Waals surface area contributed by atoms with E-state index in [0.29, 0.717) is 29.7 Å². The number of hydrazine groups is 1. The fourth-order valence-electron chi connectivity index (χ4n) is 4.56. The number of fused-ring (bicyclic) bond motifs is 3. The minimum atomic E-state index is -0.448. The fraction of sp³-hybridized carbons (Fsp3) is 0.222. The van der Waals surface area contributed by atoms with Crippen LogP contribution < -0.4 is 15.8 Å². The number of hydrogen-bond donors (Lipinski definition) is 2. The van der Waals surface area contributed by atoms with Crippen molar-refractivity contribution < 1.29 is 14.4 Å². The molecule has 1 aliphatic carbocycles. The number of hydrogen-bond acceptors (Lipinski definition) is 5. The summed E-state index contributed by atoms with van der Waals surface area (Å²) in [6, 6.07) is 22.8. The summed E-state index contributed by atoms with van der Waals surface area (Å²) in [4.78, 5) is 42.1. The van der Waals surface area contributed by atoms with Crippen LogP contribution in [0.2, 0.25) is 0 Å². The Bertz CT molecular complexity index is 1230. The predicted molar refractivity (Wildman–Crippen MR) is 131 cm³/mol. The molecule has 3 aromatic carbocycles. The molecule has 0 atom stereocenters. The van der Waals surface area contributed by atoms with Crippen LogP contribution in [-0.4, -0.2) is 55.2 Å². The van der Waals surface area contributed by atoms with Gasteiger partial charge in [0.2, 0.25) is 5.91 Å². The van der Waals surface area contributed by atoms with E-state index in [0.717, 1.165) is 37.3 Å². The van der Waals surface area contributed by atoms with Crippen molar-refractivity contribution in [3.05, 3.63) is 89.5 Å². The van der Waals surface area contributed by atoms with Crippen LogP contribution in [0, 0.1) is 0 Å². The van der Waals surface area contributed by atoms with E-state index in [1.54, 1.807) is 24.3 Å². The van der Waals surface area contributed by atoms with Crippen LogP contribution in [0.25, 0.3) is 11.1 Å². The summed E-state index contributed by atoms with van der Waals surface area (Å²) in [6.45, 7) is 4.25. The van der Waals surface area contributed by atoms with Gasteiger partial charge in [0, 0.05) is 61.5 Å². The summed E-state index contributed by atoms with van der Waals surface area (Å²) in [5.41, 5.74) is 9.37. The summed E-state index contributed by atoms with van der Waals surface area (Å²) in [5.74, 6) is -0.781. The van der Waals surface area contributed by atoms with Crippen molar-refractivity contribution in [3.8, 4) is 11.1 Å².